The van der Waals surface area contributed by atoms with E-state index in [4.69, 9.17) is 28.2 Å². The van der Waals surface area contributed by atoms with Gasteiger partial charge < -0.3 is 9.13 Å². The summed E-state index contributed by atoms with van der Waals surface area (Å²) < 4.78 is 52.1. The van der Waals surface area contributed by atoms with Gasteiger partial charge in [-0.1, -0.05) is 86.1 Å². The van der Waals surface area contributed by atoms with Crippen LogP contribution < -0.4 is 11.1 Å². The second kappa shape index (κ2) is 17.9. The Morgan fingerprint density at radius 2 is 0.984 bits per heavy atom. The van der Waals surface area contributed by atoms with Crippen LogP contribution in [0.1, 0.15) is 84.3 Å². The van der Waals surface area contributed by atoms with Gasteiger partial charge in [-0.25, -0.2) is 21.7 Å². The fourth-order valence-corrected chi connectivity index (χ4v) is 9.70. The molecular formula is C49H46ClN5O6S2. The average molecular weight is 901 g/mol. The summed E-state index contributed by atoms with van der Waals surface area (Å²) in [6, 6.07) is 28.7. The van der Waals surface area contributed by atoms with Gasteiger partial charge in [0.25, 0.3) is 11.1 Å². The lowest BCUT2D eigenvalue weighted by molar-refractivity contribution is 0.594. The zero-order chi connectivity index (χ0) is 45.4. The summed E-state index contributed by atoms with van der Waals surface area (Å²) in [7, 11) is -2.97. The Labute approximate surface area is 372 Å². The zero-order valence-electron chi connectivity index (χ0n) is 35.8. The topological polar surface area (TPSA) is 141 Å². The summed E-state index contributed by atoms with van der Waals surface area (Å²) in [5.41, 5.74) is 11.9. The first kappa shape index (κ1) is 44.8. The van der Waals surface area contributed by atoms with E-state index in [0.29, 0.717) is 21.8 Å². The minimum Gasteiger partial charge on any atom is -0.318 e. The molecule has 14 heteroatoms. The average Bonchev–Trinajstić information content (AvgIpc) is 3.45. The first-order valence-electron chi connectivity index (χ1n) is 20.4. The monoisotopic (exact) mass is 899 g/mol. The molecular weight excluding hydrogens is 854 g/mol. The lowest BCUT2D eigenvalue weighted by atomic mass is 9.91. The number of rotatable bonds is 8. The van der Waals surface area contributed by atoms with Crippen LogP contribution in [0.3, 0.4) is 0 Å². The van der Waals surface area contributed by atoms with Gasteiger partial charge in [-0.15, -0.1) is 0 Å². The number of sulfone groups is 2. The maximum Gasteiger partial charge on any atom is 0.250 e. The van der Waals surface area contributed by atoms with Crippen molar-refractivity contribution in [3.05, 3.63) is 191 Å². The van der Waals surface area contributed by atoms with Crippen LogP contribution in [0.15, 0.2) is 129 Å². The number of pyridine rings is 2. The van der Waals surface area contributed by atoms with Crippen molar-refractivity contribution < 1.29 is 16.8 Å². The largest absolute Gasteiger partial charge is 0.318 e. The van der Waals surface area contributed by atoms with Gasteiger partial charge in [-0.3, -0.25) is 19.6 Å². The van der Waals surface area contributed by atoms with Gasteiger partial charge in [0, 0.05) is 83.0 Å². The van der Waals surface area contributed by atoms with Gasteiger partial charge in [0.2, 0.25) is 0 Å². The third-order valence-corrected chi connectivity index (χ3v) is 14.9. The molecule has 0 amide bonds. The fraction of sp³-hybridized carbons (Fsp3) is 0.245. The molecule has 63 heavy (non-hydrogen) atoms. The zero-order valence-corrected chi connectivity index (χ0v) is 38.1. The Morgan fingerprint density at radius 1 is 0.587 bits per heavy atom. The quantitative estimate of drug-likeness (QED) is 0.140. The molecule has 0 saturated heterocycles. The van der Waals surface area contributed by atoms with E-state index in [1.807, 2.05) is 92.8 Å². The highest BCUT2D eigenvalue weighted by Crippen LogP contribution is 2.39. The number of nitrogens with zero attached hydrogens (tertiary/aromatic N) is 5. The van der Waals surface area contributed by atoms with Gasteiger partial charge in [0.1, 0.15) is 0 Å². The summed E-state index contributed by atoms with van der Waals surface area (Å²) in [6.07, 6.45) is 3.61. The van der Waals surface area contributed by atoms with E-state index < -0.39 is 19.7 Å². The smallest absolute Gasteiger partial charge is 0.250 e. The molecule has 2 atom stereocenters. The maximum atomic E-state index is 12.4. The summed E-state index contributed by atoms with van der Waals surface area (Å²) >= 11 is 6.08. The number of fused-ring (bicyclic) bond motifs is 6. The molecule has 0 fully saturated rings. The number of benzene rings is 4. The van der Waals surface area contributed by atoms with Gasteiger partial charge in [0.05, 0.1) is 41.6 Å². The molecule has 4 aromatic carbocycles. The van der Waals surface area contributed by atoms with E-state index in [0.717, 1.165) is 67.1 Å². The minimum absolute atomic E-state index is 0.0269. The molecule has 4 heterocycles. The number of hydrogen-bond acceptors (Lipinski definition) is 8. The third-order valence-electron chi connectivity index (χ3n) is 11.4. The normalized spacial score (nSPS) is 15.4. The summed E-state index contributed by atoms with van der Waals surface area (Å²) in [5.74, 6) is 0.0937. The molecule has 2 aromatic heterocycles. The number of hydrogen-bond donors (Lipinski definition) is 0. The van der Waals surface area contributed by atoms with E-state index in [2.05, 4.69) is 4.85 Å². The minimum atomic E-state index is -3.20. The first-order chi connectivity index (χ1) is 29.9. The molecule has 322 valence electrons. The van der Waals surface area contributed by atoms with Gasteiger partial charge in [-0.2, -0.15) is 0 Å². The first-order valence-corrected chi connectivity index (χ1v) is 24.4. The summed E-state index contributed by atoms with van der Waals surface area (Å²) in [5, 5.41) is 0.637. The second-order valence-electron chi connectivity index (χ2n) is 15.8. The lowest BCUT2D eigenvalue weighted by Crippen LogP contribution is -2.17. The highest BCUT2D eigenvalue weighted by atomic mass is 35.5. The Kier molecular flexibility index (Phi) is 12.7. The lowest BCUT2D eigenvalue weighted by Gasteiger charge is -2.15. The van der Waals surface area contributed by atoms with Crippen LogP contribution in [0.4, 0.5) is 5.69 Å². The molecule has 0 spiro atoms. The third kappa shape index (κ3) is 9.59. The molecule has 0 saturated carbocycles. The van der Waals surface area contributed by atoms with E-state index >= 15 is 0 Å². The second-order valence-corrected chi connectivity index (χ2v) is 20.9. The van der Waals surface area contributed by atoms with Crippen LogP contribution >= 0.6 is 11.6 Å². The van der Waals surface area contributed by atoms with Crippen molar-refractivity contribution in [1.82, 2.24) is 9.13 Å². The van der Waals surface area contributed by atoms with E-state index in [1.165, 1.54) is 9.13 Å². The van der Waals surface area contributed by atoms with E-state index in [1.54, 1.807) is 58.4 Å². The molecule has 0 aliphatic carbocycles. The highest BCUT2D eigenvalue weighted by Gasteiger charge is 2.27. The number of halogens is 1. The van der Waals surface area contributed by atoms with Crippen molar-refractivity contribution in [3.63, 3.8) is 0 Å². The maximum absolute atomic E-state index is 12.4. The van der Waals surface area contributed by atoms with Crippen molar-refractivity contribution >= 4 is 48.4 Å². The molecule has 8 rings (SSSR count). The number of aromatic nitrogens is 2. The van der Waals surface area contributed by atoms with Crippen molar-refractivity contribution in [2.45, 2.75) is 51.3 Å². The number of aryl methyl sites for hydroxylation is 2. The standard InChI is InChI=1S/C25H23N3O3S.C24H23ClN2O3S/c1-5-32(30,31)15-17-6-11-20-22(12-17)23-14-28(4)24(29)13-21(23)16(2)27-25(20)18-7-9-19(26-3)10-8-18;1-4-31(29,30)14-16-5-10-19-21(11-16)22-13-27(3)23(28)12-20(22)15(2)26-24(19)17-6-8-18(25)9-7-17/h6-14,16H,5,15H2,1-2,4H3;5-13,15H,4,14H2,1-3H3/t16-;15-/m00/s1. The highest BCUT2D eigenvalue weighted by molar-refractivity contribution is 7.90. The summed E-state index contributed by atoms with van der Waals surface area (Å²) in [4.78, 5) is 38.1. The molecule has 6 aromatic rings. The van der Waals surface area contributed by atoms with Crippen LogP contribution in [-0.4, -0.2) is 48.9 Å². The molecule has 11 nitrogen and oxygen atoms in total. The fourth-order valence-electron chi connectivity index (χ4n) is 7.79. The Hall–Kier alpha value is -6.20. The van der Waals surface area contributed by atoms with Crippen molar-refractivity contribution in [1.29, 1.82) is 0 Å². The molecule has 0 radical (unpaired) electrons. The predicted octanol–water partition coefficient (Wildman–Crippen LogP) is 9.00. The van der Waals surface area contributed by atoms with Crippen molar-refractivity contribution in [2.75, 3.05) is 11.5 Å². The molecule has 2 aliphatic rings. The van der Waals surface area contributed by atoms with Gasteiger partial charge in [0.15, 0.2) is 25.4 Å². The SMILES string of the molecule is CCS(=O)(=O)Cc1ccc2c(c1)-c1cn(C)c(=O)cc1[C@H](C)N=C2c1ccc(Cl)cc1.[C-]#[N+]c1ccc(C2=N[C@@H](C)c3cc(=O)n(C)cc3-c3cc(CS(=O)(=O)CC)ccc32)cc1. The van der Waals surface area contributed by atoms with Crippen LogP contribution in [0.25, 0.3) is 27.1 Å². The molecule has 0 N–H and O–H groups in total. The summed E-state index contributed by atoms with van der Waals surface area (Å²) in [6.45, 7) is 14.4. The molecule has 2 aliphatic heterocycles. The molecule has 0 bridgehead atoms. The van der Waals surface area contributed by atoms with E-state index in [9.17, 15) is 26.4 Å². The molecule has 0 unspecified atom stereocenters. The van der Waals surface area contributed by atoms with Gasteiger partial charge in [-0.05, 0) is 77.1 Å². The van der Waals surface area contributed by atoms with E-state index in [-0.39, 0.29) is 46.2 Å². The Balaban J connectivity index is 0.000000189. The van der Waals surface area contributed by atoms with Crippen LogP contribution in [0, 0.1) is 6.57 Å². The Morgan fingerprint density at radius 3 is 1.37 bits per heavy atom. The van der Waals surface area contributed by atoms with Crippen LogP contribution in [0.5, 0.6) is 0 Å². The number of aliphatic imine (C=N–C) groups is 2. The van der Waals surface area contributed by atoms with Crippen LogP contribution in [-0.2, 0) is 45.3 Å². The van der Waals surface area contributed by atoms with Crippen LogP contribution in [0.2, 0.25) is 5.02 Å². The van der Waals surface area contributed by atoms with Crippen molar-refractivity contribution in [2.24, 2.45) is 24.1 Å². The van der Waals surface area contributed by atoms with Gasteiger partial charge >= 0.3 is 0 Å². The van der Waals surface area contributed by atoms with Crippen molar-refractivity contribution in [3.8, 4) is 22.3 Å². The predicted molar refractivity (Wildman–Crippen MR) is 253 cm³/mol. The Bertz CT molecular complexity index is 3240.